The molecule has 68 valence electrons. The Bertz CT molecular complexity index is 298. The highest BCUT2D eigenvalue weighted by Gasteiger charge is 1.93. The van der Waals surface area contributed by atoms with Crippen LogP contribution < -0.4 is 5.32 Å². The van der Waals surface area contributed by atoms with E-state index in [1.54, 1.807) is 18.3 Å². The molecule has 1 rings (SSSR count). The van der Waals surface area contributed by atoms with Crippen LogP contribution in [-0.2, 0) is 4.84 Å². The summed E-state index contributed by atoms with van der Waals surface area (Å²) in [5.41, 5.74) is 0.631. The van der Waals surface area contributed by atoms with Gasteiger partial charge in [0, 0.05) is 13.2 Å². The van der Waals surface area contributed by atoms with E-state index in [9.17, 15) is 4.79 Å². The average Bonchev–Trinajstić information content (AvgIpc) is 2.19. The van der Waals surface area contributed by atoms with Crippen molar-refractivity contribution in [1.82, 2.24) is 10.3 Å². The van der Waals surface area contributed by atoms with Crippen molar-refractivity contribution >= 4 is 12.3 Å². The topological polar surface area (TPSA) is 63.6 Å². The lowest BCUT2D eigenvalue weighted by atomic mass is 10.4. The summed E-state index contributed by atoms with van der Waals surface area (Å²) >= 11 is 0. The highest BCUT2D eigenvalue weighted by Crippen LogP contribution is 1.88. The van der Waals surface area contributed by atoms with Gasteiger partial charge in [-0.25, -0.2) is 4.79 Å². The zero-order valence-corrected chi connectivity index (χ0v) is 7.10. The number of hydrogen-bond acceptors (Lipinski definition) is 4. The van der Waals surface area contributed by atoms with Crippen LogP contribution in [0.5, 0.6) is 0 Å². The van der Waals surface area contributed by atoms with Gasteiger partial charge in [0.1, 0.15) is 0 Å². The summed E-state index contributed by atoms with van der Waals surface area (Å²) in [4.78, 5) is 18.8. The van der Waals surface area contributed by atoms with Gasteiger partial charge < -0.3 is 5.32 Å². The van der Waals surface area contributed by atoms with Gasteiger partial charge in [-0.05, 0) is 12.1 Å². The summed E-state index contributed by atoms with van der Waals surface area (Å²) in [6, 6.07) is 5.35. The molecule has 1 amide bonds. The molecule has 0 aliphatic heterocycles. The Morgan fingerprint density at radius 3 is 3.15 bits per heavy atom. The molecule has 1 aromatic heterocycles. The molecule has 0 radical (unpaired) electrons. The maximum atomic E-state index is 10.5. The number of carbonyl (C=O) groups is 1. The Kier molecular flexibility index (Phi) is 3.44. The molecule has 0 saturated heterocycles. The number of rotatable bonds is 2. The highest BCUT2D eigenvalue weighted by atomic mass is 16.7. The van der Waals surface area contributed by atoms with Gasteiger partial charge >= 0.3 is 6.09 Å². The predicted molar refractivity (Wildman–Crippen MR) is 47.4 cm³/mol. The Balaban J connectivity index is 2.45. The van der Waals surface area contributed by atoms with E-state index >= 15 is 0 Å². The van der Waals surface area contributed by atoms with Crippen LogP contribution in [-0.4, -0.2) is 24.3 Å². The Morgan fingerprint density at radius 1 is 1.69 bits per heavy atom. The smallest absolute Gasteiger partial charge is 0.323 e. The second-order valence-electron chi connectivity index (χ2n) is 2.12. The van der Waals surface area contributed by atoms with Crippen LogP contribution >= 0.6 is 0 Å². The van der Waals surface area contributed by atoms with Gasteiger partial charge in [0.2, 0.25) is 0 Å². The first kappa shape index (κ1) is 9.18. The van der Waals surface area contributed by atoms with E-state index in [4.69, 9.17) is 0 Å². The maximum Gasteiger partial charge on any atom is 0.433 e. The van der Waals surface area contributed by atoms with Crippen molar-refractivity contribution in [2.75, 3.05) is 7.05 Å². The van der Waals surface area contributed by atoms with Crippen molar-refractivity contribution in [2.45, 2.75) is 0 Å². The normalized spacial score (nSPS) is 9.92. The minimum atomic E-state index is -0.604. The molecule has 1 N–H and O–H groups in total. The standard InChI is InChI=1S/C8H9N3O2/c1-9-8(12)13-11-6-7-4-2-3-5-10-7/h2-6H,1H3,(H,9,12)/b11-6+. The second-order valence-corrected chi connectivity index (χ2v) is 2.12. The first-order valence-electron chi connectivity index (χ1n) is 3.66. The van der Waals surface area contributed by atoms with Crippen molar-refractivity contribution in [3.05, 3.63) is 30.1 Å². The fraction of sp³-hybridized carbons (Fsp3) is 0.125. The summed E-state index contributed by atoms with van der Waals surface area (Å²) in [6.45, 7) is 0. The first-order chi connectivity index (χ1) is 6.33. The van der Waals surface area contributed by atoms with Crippen LogP contribution in [0.3, 0.4) is 0 Å². The molecule has 0 fully saturated rings. The van der Waals surface area contributed by atoms with E-state index in [2.05, 4.69) is 20.3 Å². The largest absolute Gasteiger partial charge is 0.433 e. The maximum absolute atomic E-state index is 10.5. The van der Waals surface area contributed by atoms with Crippen molar-refractivity contribution in [3.8, 4) is 0 Å². The zero-order chi connectivity index (χ0) is 9.52. The molecule has 0 aromatic carbocycles. The molecular formula is C8H9N3O2. The number of nitrogens with zero attached hydrogens (tertiary/aromatic N) is 2. The Morgan fingerprint density at radius 2 is 2.54 bits per heavy atom. The van der Waals surface area contributed by atoms with Crippen LogP contribution in [0, 0.1) is 0 Å². The van der Waals surface area contributed by atoms with E-state index in [-0.39, 0.29) is 0 Å². The SMILES string of the molecule is CNC(=O)O/N=C/c1ccccn1. The number of aromatic nitrogens is 1. The average molecular weight is 179 g/mol. The molecule has 1 aromatic rings. The summed E-state index contributed by atoms with van der Waals surface area (Å²) in [5, 5.41) is 5.67. The third kappa shape index (κ3) is 3.33. The number of amides is 1. The van der Waals surface area contributed by atoms with Gasteiger partial charge in [-0.15, -0.1) is 0 Å². The van der Waals surface area contributed by atoms with Gasteiger partial charge in [0.25, 0.3) is 0 Å². The van der Waals surface area contributed by atoms with E-state index in [0.717, 1.165) is 0 Å². The summed E-state index contributed by atoms with van der Waals surface area (Å²) in [6.07, 6.45) is 2.38. The number of carbonyl (C=O) groups excluding carboxylic acids is 1. The lowest BCUT2D eigenvalue weighted by Crippen LogP contribution is -2.16. The van der Waals surface area contributed by atoms with Crippen LogP contribution in [0.4, 0.5) is 4.79 Å². The monoisotopic (exact) mass is 179 g/mol. The fourth-order valence-electron chi connectivity index (χ4n) is 0.626. The van der Waals surface area contributed by atoms with Crippen molar-refractivity contribution in [1.29, 1.82) is 0 Å². The van der Waals surface area contributed by atoms with Gasteiger partial charge in [0.15, 0.2) is 0 Å². The number of pyridine rings is 1. The third-order valence-corrected chi connectivity index (χ3v) is 1.21. The van der Waals surface area contributed by atoms with E-state index in [1.165, 1.54) is 13.3 Å². The van der Waals surface area contributed by atoms with Gasteiger partial charge in [-0.2, -0.15) is 0 Å². The lowest BCUT2D eigenvalue weighted by Gasteiger charge is -1.93. The molecule has 0 atom stereocenters. The quantitative estimate of drug-likeness (QED) is 0.414. The molecule has 5 nitrogen and oxygen atoms in total. The van der Waals surface area contributed by atoms with Crippen LogP contribution in [0.25, 0.3) is 0 Å². The fourth-order valence-corrected chi connectivity index (χ4v) is 0.626. The van der Waals surface area contributed by atoms with Gasteiger partial charge in [-0.3, -0.25) is 9.82 Å². The summed E-state index contributed by atoms with van der Waals surface area (Å²) < 4.78 is 0. The van der Waals surface area contributed by atoms with Gasteiger partial charge in [-0.1, -0.05) is 11.2 Å². The molecule has 0 unspecified atom stereocenters. The predicted octanol–water partition coefficient (Wildman–Crippen LogP) is 0.772. The molecule has 5 heteroatoms. The minimum Gasteiger partial charge on any atom is -0.323 e. The van der Waals surface area contributed by atoms with Crippen LogP contribution in [0.2, 0.25) is 0 Å². The van der Waals surface area contributed by atoms with Crippen LogP contribution in [0.15, 0.2) is 29.6 Å². The molecule has 0 bridgehead atoms. The van der Waals surface area contributed by atoms with Crippen molar-refractivity contribution in [2.24, 2.45) is 5.16 Å². The molecule has 0 aliphatic carbocycles. The number of nitrogens with one attached hydrogen (secondary N) is 1. The minimum absolute atomic E-state index is 0.604. The molecular weight excluding hydrogens is 170 g/mol. The number of oxime groups is 1. The molecule has 0 spiro atoms. The van der Waals surface area contributed by atoms with E-state index < -0.39 is 6.09 Å². The molecule has 13 heavy (non-hydrogen) atoms. The van der Waals surface area contributed by atoms with E-state index in [0.29, 0.717) is 5.69 Å². The number of hydrogen-bond donors (Lipinski definition) is 1. The Hall–Kier alpha value is -1.91. The van der Waals surface area contributed by atoms with Crippen molar-refractivity contribution in [3.63, 3.8) is 0 Å². The first-order valence-corrected chi connectivity index (χ1v) is 3.66. The molecule has 1 heterocycles. The lowest BCUT2D eigenvalue weighted by molar-refractivity contribution is 0.154. The molecule has 0 saturated carbocycles. The summed E-state index contributed by atoms with van der Waals surface area (Å²) in [7, 11) is 1.46. The summed E-state index contributed by atoms with van der Waals surface area (Å²) in [5.74, 6) is 0. The van der Waals surface area contributed by atoms with E-state index in [1.807, 2.05) is 6.07 Å². The third-order valence-electron chi connectivity index (χ3n) is 1.21. The second kappa shape index (κ2) is 4.87. The van der Waals surface area contributed by atoms with Crippen molar-refractivity contribution < 1.29 is 9.63 Å². The zero-order valence-electron chi connectivity index (χ0n) is 7.10. The van der Waals surface area contributed by atoms with Gasteiger partial charge in [0.05, 0.1) is 11.9 Å². The molecule has 0 aliphatic rings. The Labute approximate surface area is 75.4 Å². The van der Waals surface area contributed by atoms with Crippen LogP contribution in [0.1, 0.15) is 5.69 Å². The highest BCUT2D eigenvalue weighted by molar-refractivity contribution is 5.77.